The number of alkyl carbamates (subject to hydrolysis) is 1. The molecule has 0 bridgehead atoms. The zero-order valence-corrected chi connectivity index (χ0v) is 17.5. The van der Waals surface area contributed by atoms with Crippen LogP contribution in [0.4, 0.5) is 14.9 Å². The van der Waals surface area contributed by atoms with E-state index in [-0.39, 0.29) is 17.2 Å². The van der Waals surface area contributed by atoms with Crippen molar-refractivity contribution in [2.45, 2.75) is 38.8 Å². The van der Waals surface area contributed by atoms with Crippen molar-refractivity contribution < 1.29 is 18.8 Å². The van der Waals surface area contributed by atoms with Gasteiger partial charge in [0.2, 0.25) is 5.96 Å². The first-order valence-corrected chi connectivity index (χ1v) is 9.76. The average Bonchev–Trinajstić information content (AvgIpc) is 2.56. The predicted octanol–water partition coefficient (Wildman–Crippen LogP) is 3.12. The number of ether oxygens (including phenoxy) is 1. The van der Waals surface area contributed by atoms with Gasteiger partial charge in [0, 0.05) is 31.8 Å². The molecule has 2 rings (SSSR count). The van der Waals surface area contributed by atoms with Crippen molar-refractivity contribution >= 4 is 28.6 Å². The van der Waals surface area contributed by atoms with Gasteiger partial charge in [0.1, 0.15) is 17.0 Å². The number of aliphatic imine (C=N–C) groups is 1. The molecule has 154 valence electrons. The van der Waals surface area contributed by atoms with Gasteiger partial charge >= 0.3 is 6.09 Å². The van der Waals surface area contributed by atoms with E-state index in [2.05, 4.69) is 14.7 Å². The molecule has 0 spiro atoms. The molecule has 11 heteroatoms. The van der Waals surface area contributed by atoms with Gasteiger partial charge in [-0.3, -0.25) is 19.7 Å². The molecule has 1 amide bonds. The summed E-state index contributed by atoms with van der Waals surface area (Å²) in [6.07, 6.45) is -0.707. The van der Waals surface area contributed by atoms with Crippen molar-refractivity contribution in [1.82, 2.24) is 9.62 Å². The summed E-state index contributed by atoms with van der Waals surface area (Å²) >= 11 is 0. The van der Waals surface area contributed by atoms with Crippen molar-refractivity contribution in [1.29, 1.82) is 0 Å². The van der Waals surface area contributed by atoms with Gasteiger partial charge in [-0.1, -0.05) is 0 Å². The molecule has 0 aromatic heterocycles. The summed E-state index contributed by atoms with van der Waals surface area (Å²) < 4.78 is 25.8. The molecular weight excluding hydrogens is 389 g/mol. The van der Waals surface area contributed by atoms with Gasteiger partial charge in [0.25, 0.3) is 5.69 Å². The number of rotatable bonds is 2. The molecule has 1 N–H and O–H groups in total. The predicted molar refractivity (Wildman–Crippen MR) is 106 cm³/mol. The molecule has 0 saturated carbocycles. The number of non-ortho nitro benzene ring substituents is 1. The fourth-order valence-corrected chi connectivity index (χ4v) is 4.23. The van der Waals surface area contributed by atoms with Crippen LogP contribution in [0.2, 0.25) is 0 Å². The van der Waals surface area contributed by atoms with E-state index in [9.17, 15) is 19.3 Å². The third kappa shape index (κ3) is 4.83. The molecule has 1 aromatic carbocycles. The first-order chi connectivity index (χ1) is 12.9. The summed E-state index contributed by atoms with van der Waals surface area (Å²) in [7, 11) is 2.57. The zero-order valence-electron chi connectivity index (χ0n) is 16.6. The minimum absolute atomic E-state index is 0.0689. The number of amides is 1. The van der Waals surface area contributed by atoms with Gasteiger partial charge in [0.15, 0.2) is 0 Å². The highest BCUT2D eigenvalue weighted by Gasteiger charge is 2.38. The van der Waals surface area contributed by atoms with Crippen LogP contribution in [0.15, 0.2) is 27.6 Å². The van der Waals surface area contributed by atoms with Crippen LogP contribution in [-0.4, -0.2) is 46.7 Å². The number of nitro groups is 1. The molecule has 0 aliphatic carbocycles. The molecule has 1 aliphatic heterocycles. The maximum atomic E-state index is 14.6. The normalized spacial score (nSPS) is 22.6. The minimum atomic E-state index is -1.16. The Morgan fingerprint density at radius 1 is 1.50 bits per heavy atom. The van der Waals surface area contributed by atoms with Gasteiger partial charge in [-0.15, -0.1) is 0 Å². The van der Waals surface area contributed by atoms with E-state index in [0.29, 0.717) is 5.75 Å². The van der Waals surface area contributed by atoms with Crippen LogP contribution in [0.1, 0.15) is 33.3 Å². The quantitative estimate of drug-likeness (QED) is 0.592. The van der Waals surface area contributed by atoms with Crippen LogP contribution in [0, 0.1) is 15.9 Å². The lowest BCUT2D eigenvalue weighted by atomic mass is 9.93. The monoisotopic (exact) mass is 413 g/mol. The molecule has 1 heterocycles. The Labute approximate surface area is 165 Å². The summed E-state index contributed by atoms with van der Waals surface area (Å²) in [6.45, 7) is 6.85. The number of nitrogens with zero attached hydrogens (tertiary/aromatic N) is 4. The highest BCUT2D eigenvalue weighted by atomic mass is 32.2. The average molecular weight is 413 g/mol. The molecular formula is C17H24FN5O4S. The highest BCUT2D eigenvalue weighted by Crippen LogP contribution is 2.34. The summed E-state index contributed by atoms with van der Waals surface area (Å²) in [5.74, 6) is -0.155. The summed E-state index contributed by atoms with van der Waals surface area (Å²) in [5.41, 5.74) is -2.03. The summed E-state index contributed by atoms with van der Waals surface area (Å²) in [4.78, 5) is 27.2. The SMILES string of the molecule is CN=S1C[C@@](C)(c2cc([N+](=O)[O-])ccc2F)N=C(NC(=O)OC(C)(C)C)N1C. The second-order valence-corrected chi connectivity index (χ2v) is 9.30. The fraction of sp³-hybridized carbons (Fsp3) is 0.529. The number of carbonyl (C=O) groups is 1. The van der Waals surface area contributed by atoms with Crippen LogP contribution in [0.5, 0.6) is 0 Å². The van der Waals surface area contributed by atoms with Crippen molar-refractivity contribution in [2.75, 3.05) is 19.8 Å². The first kappa shape index (κ1) is 21.7. The smallest absolute Gasteiger partial charge is 0.414 e. The molecule has 1 unspecified atom stereocenters. The summed E-state index contributed by atoms with van der Waals surface area (Å²) in [6, 6.07) is 3.33. The molecule has 2 atom stereocenters. The Hall–Kier alpha value is -2.56. The number of carbonyl (C=O) groups excluding carboxylic acids is 1. The van der Waals surface area contributed by atoms with E-state index >= 15 is 0 Å². The lowest BCUT2D eigenvalue weighted by Crippen LogP contribution is -2.51. The van der Waals surface area contributed by atoms with E-state index in [4.69, 9.17) is 4.74 Å². The summed E-state index contributed by atoms with van der Waals surface area (Å²) in [5, 5.41) is 13.7. The number of hydrogen-bond acceptors (Lipinski definition) is 6. The van der Waals surface area contributed by atoms with Crippen molar-refractivity contribution in [3.8, 4) is 0 Å². The minimum Gasteiger partial charge on any atom is -0.444 e. The maximum Gasteiger partial charge on any atom is 0.414 e. The molecule has 1 aromatic rings. The number of halogens is 1. The van der Waals surface area contributed by atoms with Crippen LogP contribution >= 0.6 is 0 Å². The van der Waals surface area contributed by atoms with Gasteiger partial charge in [-0.25, -0.2) is 18.5 Å². The largest absolute Gasteiger partial charge is 0.444 e. The van der Waals surface area contributed by atoms with E-state index < -0.39 is 38.9 Å². The highest BCUT2D eigenvalue weighted by molar-refractivity contribution is 7.85. The standard InChI is InChI=1S/C17H24FN5O4S/c1-16(2,3)27-15(24)20-14-21-17(4,10-28(19-5)22(14)6)12-9-11(23(25)26)7-8-13(12)18/h7-9H,10H2,1-6H3,(H,20,21,24)/t17-,28?/m0/s1. The Bertz CT molecular complexity index is 868. The Morgan fingerprint density at radius 3 is 2.68 bits per heavy atom. The molecule has 0 radical (unpaired) electrons. The topological polar surface area (TPSA) is 109 Å². The van der Waals surface area contributed by atoms with E-state index in [1.807, 2.05) is 0 Å². The van der Waals surface area contributed by atoms with Crippen molar-refractivity contribution in [2.24, 2.45) is 9.36 Å². The first-order valence-electron chi connectivity index (χ1n) is 8.45. The maximum absolute atomic E-state index is 14.6. The Morgan fingerprint density at radius 2 is 2.14 bits per heavy atom. The number of benzene rings is 1. The lowest BCUT2D eigenvalue weighted by molar-refractivity contribution is -0.385. The molecule has 9 nitrogen and oxygen atoms in total. The van der Waals surface area contributed by atoms with E-state index in [1.54, 1.807) is 46.1 Å². The van der Waals surface area contributed by atoms with Crippen molar-refractivity contribution in [3.63, 3.8) is 0 Å². The van der Waals surface area contributed by atoms with Crippen LogP contribution in [-0.2, 0) is 21.2 Å². The third-order valence-electron chi connectivity index (χ3n) is 3.94. The number of nitrogens with one attached hydrogen (secondary N) is 1. The van der Waals surface area contributed by atoms with Gasteiger partial charge in [-0.2, -0.15) is 0 Å². The van der Waals surface area contributed by atoms with Crippen molar-refractivity contribution in [3.05, 3.63) is 39.7 Å². The number of hydrogen-bond donors (Lipinski definition) is 1. The molecule has 0 fully saturated rings. The third-order valence-corrected chi connectivity index (χ3v) is 5.99. The van der Waals surface area contributed by atoms with Crippen LogP contribution in [0.3, 0.4) is 0 Å². The van der Waals surface area contributed by atoms with E-state index in [1.165, 1.54) is 6.07 Å². The van der Waals surface area contributed by atoms with Crippen LogP contribution < -0.4 is 5.32 Å². The molecule has 28 heavy (non-hydrogen) atoms. The second-order valence-electron chi connectivity index (χ2n) is 7.42. The molecule has 0 saturated heterocycles. The van der Waals surface area contributed by atoms with Gasteiger partial charge < -0.3 is 4.74 Å². The van der Waals surface area contributed by atoms with E-state index in [0.717, 1.165) is 12.1 Å². The fourth-order valence-electron chi connectivity index (χ4n) is 2.65. The lowest BCUT2D eigenvalue weighted by Gasteiger charge is -2.37. The number of nitro benzene ring substituents is 1. The Kier molecular flexibility index (Phi) is 6.07. The van der Waals surface area contributed by atoms with Gasteiger partial charge in [-0.05, 0) is 44.6 Å². The van der Waals surface area contributed by atoms with Gasteiger partial charge in [0.05, 0.1) is 10.7 Å². The molecule has 1 aliphatic rings. The Balaban J connectivity index is 2.51. The zero-order chi connectivity index (χ0) is 21.3. The van der Waals surface area contributed by atoms with Crippen LogP contribution in [0.25, 0.3) is 0 Å². The number of guanidine groups is 1. The second kappa shape index (κ2) is 7.82.